The second-order valence-electron chi connectivity index (χ2n) is 4.61. The smallest absolute Gasteiger partial charge is 0.330 e. The number of benzene rings is 1. The first-order valence-corrected chi connectivity index (χ1v) is 5.63. The molecular weight excluding hydrogens is 251 g/mol. The zero-order valence-corrected chi connectivity index (χ0v) is 10.5. The molecule has 17 heavy (non-hydrogen) atoms. The van der Waals surface area contributed by atoms with Crippen molar-refractivity contribution in [3.05, 3.63) is 34.3 Å². The monoisotopic (exact) mass is 265 g/mol. The summed E-state index contributed by atoms with van der Waals surface area (Å²) < 4.78 is 38.7. The Morgan fingerprint density at radius 2 is 1.76 bits per heavy atom. The molecule has 0 saturated heterocycles. The van der Waals surface area contributed by atoms with Gasteiger partial charge in [-0.25, -0.2) is 0 Å². The van der Waals surface area contributed by atoms with E-state index in [2.05, 4.69) is 0 Å². The van der Waals surface area contributed by atoms with Crippen LogP contribution in [0.15, 0.2) is 18.2 Å². The minimum atomic E-state index is -4.40. The van der Waals surface area contributed by atoms with Crippen LogP contribution >= 0.6 is 11.6 Å². The van der Waals surface area contributed by atoms with E-state index in [1.54, 1.807) is 13.8 Å². The van der Waals surface area contributed by atoms with Gasteiger partial charge in [-0.3, -0.25) is 0 Å². The van der Waals surface area contributed by atoms with Crippen LogP contribution in [0, 0.1) is 0 Å². The van der Waals surface area contributed by atoms with Gasteiger partial charge < -0.3 is 5.73 Å². The van der Waals surface area contributed by atoms with Gasteiger partial charge in [0.1, 0.15) is 0 Å². The van der Waals surface area contributed by atoms with E-state index in [-0.39, 0.29) is 10.6 Å². The van der Waals surface area contributed by atoms with Gasteiger partial charge >= 0.3 is 6.18 Å². The van der Waals surface area contributed by atoms with Crippen LogP contribution in [0.4, 0.5) is 13.2 Å². The van der Waals surface area contributed by atoms with Crippen molar-refractivity contribution in [1.82, 2.24) is 0 Å². The lowest BCUT2D eigenvalue weighted by Crippen LogP contribution is -2.25. The molecule has 1 nitrogen and oxygen atoms in total. The van der Waals surface area contributed by atoms with E-state index < -0.39 is 17.2 Å². The van der Waals surface area contributed by atoms with Crippen LogP contribution in [0.25, 0.3) is 0 Å². The normalized spacial score (nSPS) is 12.9. The summed E-state index contributed by atoms with van der Waals surface area (Å²) in [6, 6.07) is 3.88. The summed E-state index contributed by atoms with van der Waals surface area (Å²) in [7, 11) is 0. The van der Waals surface area contributed by atoms with E-state index in [0.29, 0.717) is 13.0 Å². The van der Waals surface area contributed by atoms with Crippen LogP contribution in [0.3, 0.4) is 0 Å². The van der Waals surface area contributed by atoms with Crippen molar-refractivity contribution in [1.29, 1.82) is 0 Å². The zero-order valence-electron chi connectivity index (χ0n) is 9.74. The van der Waals surface area contributed by atoms with Crippen LogP contribution in [0.5, 0.6) is 0 Å². The van der Waals surface area contributed by atoms with Crippen molar-refractivity contribution >= 4 is 11.6 Å². The Balaban J connectivity index is 3.33. The van der Waals surface area contributed by atoms with Gasteiger partial charge in [0.05, 0.1) is 5.56 Å². The molecule has 0 aliphatic carbocycles. The maximum Gasteiger partial charge on any atom is 0.416 e. The summed E-state index contributed by atoms with van der Waals surface area (Å²) >= 11 is 5.63. The summed E-state index contributed by atoms with van der Waals surface area (Å²) in [5.74, 6) is 0. The van der Waals surface area contributed by atoms with Gasteiger partial charge in [-0.05, 0) is 36.1 Å². The molecule has 0 bridgehead atoms. The topological polar surface area (TPSA) is 26.0 Å². The second-order valence-corrected chi connectivity index (χ2v) is 5.05. The molecule has 0 heterocycles. The minimum Gasteiger partial charge on any atom is -0.330 e. The molecule has 0 spiro atoms. The highest BCUT2D eigenvalue weighted by Gasteiger charge is 2.37. The van der Waals surface area contributed by atoms with E-state index in [1.165, 1.54) is 12.1 Å². The fraction of sp³-hybridized carbons (Fsp3) is 0.500. The minimum absolute atomic E-state index is 0.0876. The van der Waals surface area contributed by atoms with Crippen LogP contribution in [-0.4, -0.2) is 6.54 Å². The molecule has 0 saturated carbocycles. The van der Waals surface area contributed by atoms with Gasteiger partial charge in [-0.15, -0.1) is 0 Å². The van der Waals surface area contributed by atoms with Gasteiger partial charge in [0.15, 0.2) is 0 Å². The Bertz CT molecular complexity index is 399. The van der Waals surface area contributed by atoms with E-state index in [0.717, 1.165) is 6.07 Å². The highest BCUT2D eigenvalue weighted by molar-refractivity contribution is 6.30. The lowest BCUT2D eigenvalue weighted by Gasteiger charge is -2.28. The Morgan fingerprint density at radius 3 is 2.24 bits per heavy atom. The maximum absolute atomic E-state index is 12.9. The van der Waals surface area contributed by atoms with E-state index in [1.807, 2.05) is 0 Å². The number of halogens is 4. The summed E-state index contributed by atoms with van der Waals surface area (Å²) in [5, 5.41) is 0.0876. The quantitative estimate of drug-likeness (QED) is 0.879. The van der Waals surface area contributed by atoms with Gasteiger partial charge in [0, 0.05) is 5.02 Å². The number of hydrogen-bond acceptors (Lipinski definition) is 1. The third-order valence-corrected chi connectivity index (χ3v) is 3.02. The molecule has 0 aliphatic rings. The van der Waals surface area contributed by atoms with Gasteiger partial charge in [-0.2, -0.15) is 13.2 Å². The SMILES string of the molecule is CC(C)(CCN)c1ccc(Cl)cc1C(F)(F)F. The average Bonchev–Trinajstić information content (AvgIpc) is 2.15. The first kappa shape index (κ1) is 14.3. The lowest BCUT2D eigenvalue weighted by atomic mass is 9.79. The predicted octanol–water partition coefficient (Wildman–Crippen LogP) is 3.99. The Morgan fingerprint density at radius 1 is 1.18 bits per heavy atom. The summed E-state index contributed by atoms with van der Waals surface area (Å²) in [6.45, 7) is 3.84. The van der Waals surface area contributed by atoms with Gasteiger partial charge in [-0.1, -0.05) is 31.5 Å². The number of alkyl halides is 3. The molecule has 5 heteroatoms. The highest BCUT2D eigenvalue weighted by Crippen LogP contribution is 2.39. The summed E-state index contributed by atoms with van der Waals surface area (Å²) in [5.41, 5.74) is 4.37. The molecule has 0 atom stereocenters. The summed E-state index contributed by atoms with van der Waals surface area (Å²) in [6.07, 6.45) is -3.91. The third kappa shape index (κ3) is 3.36. The molecule has 0 aromatic heterocycles. The van der Waals surface area contributed by atoms with Crippen LogP contribution < -0.4 is 5.73 Å². The molecular formula is C12H15ClF3N. The zero-order chi connectivity index (χ0) is 13.3. The molecule has 0 unspecified atom stereocenters. The highest BCUT2D eigenvalue weighted by atomic mass is 35.5. The lowest BCUT2D eigenvalue weighted by molar-refractivity contribution is -0.138. The van der Waals surface area contributed by atoms with E-state index in [9.17, 15) is 13.2 Å². The molecule has 0 amide bonds. The van der Waals surface area contributed by atoms with Gasteiger partial charge in [0.2, 0.25) is 0 Å². The van der Waals surface area contributed by atoms with Crippen molar-refractivity contribution in [2.24, 2.45) is 5.73 Å². The average molecular weight is 266 g/mol. The van der Waals surface area contributed by atoms with Crippen molar-refractivity contribution in [3.8, 4) is 0 Å². The molecule has 0 aliphatic heterocycles. The third-order valence-electron chi connectivity index (χ3n) is 2.79. The molecule has 0 fully saturated rings. The van der Waals surface area contributed by atoms with Crippen molar-refractivity contribution in [2.45, 2.75) is 31.9 Å². The Kier molecular flexibility index (Phi) is 4.10. The maximum atomic E-state index is 12.9. The molecule has 2 N–H and O–H groups in total. The first-order chi connectivity index (χ1) is 7.68. The van der Waals surface area contributed by atoms with Crippen molar-refractivity contribution in [3.63, 3.8) is 0 Å². The van der Waals surface area contributed by atoms with Crippen molar-refractivity contribution < 1.29 is 13.2 Å². The molecule has 96 valence electrons. The Labute approximate surface area is 104 Å². The largest absolute Gasteiger partial charge is 0.416 e. The fourth-order valence-electron chi connectivity index (χ4n) is 1.84. The number of hydrogen-bond donors (Lipinski definition) is 1. The molecule has 1 rings (SSSR count). The standard InChI is InChI=1S/C12H15ClF3N/c1-11(2,5-6-17)9-4-3-8(13)7-10(9)12(14,15)16/h3-4,7H,5-6,17H2,1-2H3. The van der Waals surface area contributed by atoms with E-state index >= 15 is 0 Å². The first-order valence-electron chi connectivity index (χ1n) is 5.26. The molecule has 0 radical (unpaired) electrons. The fourth-order valence-corrected chi connectivity index (χ4v) is 2.01. The second kappa shape index (κ2) is 4.86. The van der Waals surface area contributed by atoms with Crippen LogP contribution in [-0.2, 0) is 11.6 Å². The molecule has 1 aromatic carbocycles. The number of rotatable bonds is 3. The Hall–Kier alpha value is -0.740. The summed E-state index contributed by atoms with van der Waals surface area (Å²) in [4.78, 5) is 0. The van der Waals surface area contributed by atoms with Crippen molar-refractivity contribution in [2.75, 3.05) is 6.54 Å². The van der Waals surface area contributed by atoms with Crippen LogP contribution in [0.1, 0.15) is 31.4 Å². The van der Waals surface area contributed by atoms with Gasteiger partial charge in [0.25, 0.3) is 0 Å². The van der Waals surface area contributed by atoms with E-state index in [4.69, 9.17) is 17.3 Å². The molecule has 1 aromatic rings. The predicted molar refractivity (Wildman–Crippen MR) is 63.2 cm³/mol. The number of nitrogens with two attached hydrogens (primary N) is 1. The van der Waals surface area contributed by atoms with Crippen LogP contribution in [0.2, 0.25) is 5.02 Å².